The molecule has 0 fully saturated rings. The third-order valence-corrected chi connectivity index (χ3v) is 8.47. The molecule has 52 heavy (non-hydrogen) atoms. The maximum absolute atomic E-state index is 13.9. The second-order valence-corrected chi connectivity index (χ2v) is 13.1. The van der Waals surface area contributed by atoms with Crippen molar-refractivity contribution in [1.29, 1.82) is 0 Å². The molecule has 0 bridgehead atoms. The van der Waals surface area contributed by atoms with Gasteiger partial charge in [-0.25, -0.2) is 14.8 Å². The van der Waals surface area contributed by atoms with Gasteiger partial charge in [0.2, 0.25) is 5.95 Å². The maximum atomic E-state index is 13.9. The van der Waals surface area contributed by atoms with E-state index in [1.165, 1.54) is 37.0 Å². The Labute approximate surface area is 293 Å². The van der Waals surface area contributed by atoms with Crippen LogP contribution in [0.1, 0.15) is 73.2 Å². The Bertz CT molecular complexity index is 1760. The van der Waals surface area contributed by atoms with Gasteiger partial charge in [0, 0.05) is 26.6 Å². The highest BCUT2D eigenvalue weighted by molar-refractivity contribution is 5.91. The molecule has 1 aromatic heterocycles. The van der Waals surface area contributed by atoms with E-state index in [0.717, 1.165) is 18.2 Å². The molecule has 2 aromatic carbocycles. The number of benzene rings is 2. The number of alkyl halides is 9. The first-order chi connectivity index (χ1) is 24.0. The minimum atomic E-state index is -5.07. The Kier molecular flexibility index (Phi) is 11.3. The van der Waals surface area contributed by atoms with Gasteiger partial charge in [0.15, 0.2) is 0 Å². The fourth-order valence-electron chi connectivity index (χ4n) is 5.77. The Morgan fingerprint density at radius 1 is 0.923 bits per heavy atom. The van der Waals surface area contributed by atoms with Gasteiger partial charge in [-0.3, -0.25) is 9.69 Å². The lowest BCUT2D eigenvalue weighted by Gasteiger charge is -2.40. The number of nitrogens with zero attached hydrogens (tertiary/aromatic N) is 4. The quantitative estimate of drug-likeness (QED) is 0.172. The lowest BCUT2D eigenvalue weighted by molar-refractivity contribution is -0.153. The summed E-state index contributed by atoms with van der Waals surface area (Å²) in [6, 6.07) is 2.36. The van der Waals surface area contributed by atoms with E-state index in [2.05, 4.69) is 15.3 Å². The zero-order valence-corrected chi connectivity index (χ0v) is 28.8. The molecule has 2 heterocycles. The second kappa shape index (κ2) is 14.7. The van der Waals surface area contributed by atoms with Gasteiger partial charge in [0.05, 0.1) is 58.5 Å². The minimum Gasteiger partial charge on any atom is -0.469 e. The highest BCUT2D eigenvalue weighted by atomic mass is 19.4. The molecular formula is C34H36F9N5O4. The van der Waals surface area contributed by atoms with Crippen molar-refractivity contribution in [3.63, 3.8) is 0 Å². The van der Waals surface area contributed by atoms with Crippen molar-refractivity contribution >= 4 is 29.4 Å². The van der Waals surface area contributed by atoms with E-state index in [0.29, 0.717) is 18.6 Å². The van der Waals surface area contributed by atoms with Gasteiger partial charge in [-0.15, -0.1) is 0 Å². The van der Waals surface area contributed by atoms with Gasteiger partial charge in [-0.1, -0.05) is 6.92 Å². The summed E-state index contributed by atoms with van der Waals surface area (Å²) in [4.78, 5) is 36.9. The van der Waals surface area contributed by atoms with Gasteiger partial charge in [-0.05, 0) is 74.2 Å². The van der Waals surface area contributed by atoms with E-state index >= 15 is 0 Å². The largest absolute Gasteiger partial charge is 0.469 e. The first-order valence-electron chi connectivity index (χ1n) is 15.8. The molecule has 0 radical (unpaired) electrons. The number of hydrogen-bond donors (Lipinski definition) is 1. The molecule has 18 heteroatoms. The Balaban J connectivity index is 1.76. The van der Waals surface area contributed by atoms with Crippen molar-refractivity contribution in [2.75, 3.05) is 42.9 Å². The van der Waals surface area contributed by atoms with Crippen molar-refractivity contribution in [3.05, 3.63) is 76.1 Å². The van der Waals surface area contributed by atoms with Crippen LogP contribution in [0, 0.1) is 5.41 Å². The van der Waals surface area contributed by atoms with Crippen molar-refractivity contribution in [3.8, 4) is 0 Å². The minimum absolute atomic E-state index is 0.0109. The number of aromatic nitrogens is 2. The average Bonchev–Trinajstić information content (AvgIpc) is 3.05. The fourth-order valence-corrected chi connectivity index (χ4v) is 5.77. The van der Waals surface area contributed by atoms with E-state index in [4.69, 9.17) is 9.47 Å². The number of nitrogens with one attached hydrogen (secondary N) is 1. The van der Waals surface area contributed by atoms with Crippen LogP contribution in [0.2, 0.25) is 0 Å². The molecular weight excluding hydrogens is 713 g/mol. The lowest BCUT2D eigenvalue weighted by atomic mass is 9.89. The zero-order chi connectivity index (χ0) is 39.0. The van der Waals surface area contributed by atoms with Crippen LogP contribution in [0.15, 0.2) is 42.6 Å². The molecule has 1 aliphatic rings. The normalized spacial score (nSPS) is 16.6. The monoisotopic (exact) mass is 749 g/mol. The van der Waals surface area contributed by atoms with Crippen LogP contribution in [0.5, 0.6) is 0 Å². The highest BCUT2D eigenvalue weighted by Crippen LogP contribution is 2.44. The Morgan fingerprint density at radius 2 is 1.52 bits per heavy atom. The summed E-state index contributed by atoms with van der Waals surface area (Å²) in [5.41, 5.74) is -5.24. The molecule has 1 N–H and O–H groups in total. The van der Waals surface area contributed by atoms with Crippen LogP contribution >= 0.6 is 0 Å². The summed E-state index contributed by atoms with van der Waals surface area (Å²) in [5.74, 6) is -0.832. The predicted octanol–water partition coefficient (Wildman–Crippen LogP) is 8.67. The molecule has 0 spiro atoms. The van der Waals surface area contributed by atoms with Crippen LogP contribution in [-0.2, 0) is 39.2 Å². The summed E-state index contributed by atoms with van der Waals surface area (Å²) in [6.07, 6.45) is -14.7. The molecule has 0 aliphatic carbocycles. The van der Waals surface area contributed by atoms with Gasteiger partial charge in [-0.2, -0.15) is 39.5 Å². The van der Waals surface area contributed by atoms with E-state index in [1.54, 1.807) is 21.0 Å². The van der Waals surface area contributed by atoms with E-state index in [-0.39, 0.29) is 46.6 Å². The van der Waals surface area contributed by atoms with E-state index in [9.17, 15) is 49.1 Å². The number of fused-ring (bicyclic) bond motifs is 1. The molecule has 0 unspecified atom stereocenters. The van der Waals surface area contributed by atoms with E-state index in [1.807, 2.05) is 0 Å². The molecule has 9 nitrogen and oxygen atoms in total. The smallest absolute Gasteiger partial charge is 0.416 e. The van der Waals surface area contributed by atoms with Crippen molar-refractivity contribution in [1.82, 2.24) is 9.97 Å². The number of ether oxygens (including phenoxy) is 2. The summed E-state index contributed by atoms with van der Waals surface area (Å²) >= 11 is 0. The third-order valence-electron chi connectivity index (χ3n) is 8.47. The highest BCUT2D eigenvalue weighted by Gasteiger charge is 2.41. The van der Waals surface area contributed by atoms with Crippen molar-refractivity contribution in [2.45, 2.75) is 70.6 Å². The predicted molar refractivity (Wildman–Crippen MR) is 172 cm³/mol. The van der Waals surface area contributed by atoms with Crippen LogP contribution in [-0.4, -0.2) is 55.9 Å². The molecule has 0 saturated carbocycles. The lowest BCUT2D eigenvalue weighted by Crippen LogP contribution is -2.47. The first-order valence-corrected chi connectivity index (χ1v) is 15.8. The number of hydrogen-bond acceptors (Lipinski definition) is 8. The molecule has 1 amide bonds. The number of halogens is 9. The topological polar surface area (TPSA) is 96.9 Å². The SMILES string of the molecule is CC[C@@H]1C[C@H](Nc2ncc(N(C)C)c(Cc3cc(C(F)(F)F)cc(C(F)(F)F)c3)n2)c2cc(C(F)(F)F)ccc2N1C(=O)OCC(C)(C)C(=O)OC. The number of rotatable bonds is 9. The van der Waals surface area contributed by atoms with Crippen molar-refractivity contribution < 1.29 is 58.6 Å². The first kappa shape index (κ1) is 40.0. The number of carbonyl (C=O) groups is 2. The van der Waals surface area contributed by atoms with Crippen molar-refractivity contribution in [2.24, 2.45) is 5.41 Å². The molecule has 1 aliphatic heterocycles. The summed E-state index contributed by atoms with van der Waals surface area (Å²) in [6.45, 7) is 4.32. The number of amides is 1. The molecule has 3 aromatic rings. The Morgan fingerprint density at radius 3 is 2.04 bits per heavy atom. The van der Waals surface area contributed by atoms with Gasteiger partial charge in [0.25, 0.3) is 0 Å². The summed E-state index contributed by atoms with van der Waals surface area (Å²) in [5, 5.41) is 2.97. The van der Waals surface area contributed by atoms with Crippen LogP contribution in [0.25, 0.3) is 0 Å². The third kappa shape index (κ3) is 8.99. The number of esters is 1. The van der Waals surface area contributed by atoms with Gasteiger partial charge in [0.1, 0.15) is 6.61 Å². The number of anilines is 3. The van der Waals surface area contributed by atoms with Gasteiger partial charge >= 0.3 is 30.6 Å². The van der Waals surface area contributed by atoms with Crippen LogP contribution in [0.3, 0.4) is 0 Å². The van der Waals surface area contributed by atoms with Gasteiger partial charge < -0.3 is 19.7 Å². The molecule has 4 rings (SSSR count). The Hall–Kier alpha value is -4.77. The maximum Gasteiger partial charge on any atom is 0.416 e. The summed E-state index contributed by atoms with van der Waals surface area (Å²) < 4.78 is 133. The zero-order valence-electron chi connectivity index (χ0n) is 28.8. The van der Waals surface area contributed by atoms with Crippen LogP contribution < -0.4 is 15.1 Å². The number of carbonyl (C=O) groups excluding carboxylic acids is 2. The molecule has 0 saturated heterocycles. The summed E-state index contributed by atoms with van der Waals surface area (Å²) in [7, 11) is 4.29. The number of methoxy groups -OCH3 is 1. The standard InChI is InChI=1S/C34H36F9N5O4/c1-7-22-15-24(23-14-19(32(35,36)37)8-9-26(23)48(22)30(50)52-17-31(2,3)28(49)51-6)45-29-44-16-27(47(4)5)25(46-29)12-18-10-20(33(38,39)40)13-21(11-18)34(41,42)43/h8-11,13-14,16,22,24H,7,12,15,17H2,1-6H3,(H,44,45,46)/t22-,24+/m1/s1. The average molecular weight is 750 g/mol. The van der Waals surface area contributed by atoms with Crippen LogP contribution in [0.4, 0.5) is 61.6 Å². The molecule has 2 atom stereocenters. The fraction of sp³-hybridized carbons (Fsp3) is 0.471. The second-order valence-electron chi connectivity index (χ2n) is 13.1. The van der Waals surface area contributed by atoms with E-state index < -0.39 is 77.8 Å². The molecule has 284 valence electrons.